The molecule has 0 bridgehead atoms. The topological polar surface area (TPSA) is 58.6 Å². The van der Waals surface area contributed by atoms with Gasteiger partial charge in [0.05, 0.1) is 11.3 Å². The summed E-state index contributed by atoms with van der Waals surface area (Å²) in [5, 5.41) is 2.21. The van der Waals surface area contributed by atoms with Gasteiger partial charge in [-0.2, -0.15) is 13.2 Å². The Morgan fingerprint density at radius 2 is 1.81 bits per heavy atom. The van der Waals surface area contributed by atoms with Gasteiger partial charge in [0.25, 0.3) is 5.91 Å². The molecule has 1 aliphatic rings. The van der Waals surface area contributed by atoms with Crippen molar-refractivity contribution >= 4 is 23.2 Å². The lowest BCUT2D eigenvalue weighted by molar-refractivity contribution is -0.137. The second kappa shape index (κ2) is 7.69. The van der Waals surface area contributed by atoms with E-state index in [0.29, 0.717) is 18.7 Å². The van der Waals surface area contributed by atoms with Gasteiger partial charge in [-0.1, -0.05) is 12.1 Å². The van der Waals surface area contributed by atoms with E-state index in [2.05, 4.69) is 5.32 Å². The Labute approximate surface area is 153 Å². The van der Waals surface area contributed by atoms with Crippen LogP contribution < -0.4 is 15.0 Å². The van der Waals surface area contributed by atoms with Crippen molar-refractivity contribution in [2.24, 2.45) is 0 Å². The van der Waals surface area contributed by atoms with E-state index in [0.717, 1.165) is 18.2 Å². The molecule has 0 atom stereocenters. The Morgan fingerprint density at radius 1 is 1.11 bits per heavy atom. The van der Waals surface area contributed by atoms with E-state index in [1.807, 2.05) is 0 Å². The van der Waals surface area contributed by atoms with Crippen LogP contribution >= 0.6 is 0 Å². The van der Waals surface area contributed by atoms with E-state index in [1.165, 1.54) is 18.2 Å². The first-order valence-electron chi connectivity index (χ1n) is 8.34. The van der Waals surface area contributed by atoms with Gasteiger partial charge in [0.15, 0.2) is 6.61 Å². The zero-order valence-electron chi connectivity index (χ0n) is 14.3. The molecule has 1 fully saturated rings. The zero-order chi connectivity index (χ0) is 19.4. The molecule has 0 aliphatic carbocycles. The second-order valence-electron chi connectivity index (χ2n) is 6.02. The summed E-state index contributed by atoms with van der Waals surface area (Å²) in [5.74, 6) is -0.262. The predicted molar refractivity (Wildman–Crippen MR) is 93.6 cm³/mol. The van der Waals surface area contributed by atoms with E-state index in [4.69, 9.17) is 4.74 Å². The highest BCUT2D eigenvalue weighted by Gasteiger charge is 2.33. The normalized spacial score (nSPS) is 14.3. The number of nitrogens with one attached hydrogen (secondary N) is 1. The molecule has 8 heteroatoms. The zero-order valence-corrected chi connectivity index (χ0v) is 14.3. The third-order valence-corrected chi connectivity index (χ3v) is 4.10. The Bertz CT molecular complexity index is 835. The van der Waals surface area contributed by atoms with Gasteiger partial charge in [-0.3, -0.25) is 9.59 Å². The molecule has 0 radical (unpaired) electrons. The number of rotatable bonds is 5. The molecule has 1 heterocycles. The fourth-order valence-corrected chi connectivity index (χ4v) is 2.82. The van der Waals surface area contributed by atoms with Crippen molar-refractivity contribution in [1.82, 2.24) is 0 Å². The summed E-state index contributed by atoms with van der Waals surface area (Å²) in [6.45, 7) is 0.230. The minimum atomic E-state index is -4.56. The highest BCUT2D eigenvalue weighted by Crippen LogP contribution is 2.34. The molecule has 142 valence electrons. The molecule has 2 aromatic rings. The maximum Gasteiger partial charge on any atom is 0.418 e. The molecular weight excluding hydrogens is 361 g/mol. The summed E-state index contributed by atoms with van der Waals surface area (Å²) < 4.78 is 44.1. The molecule has 0 saturated carbocycles. The minimum absolute atomic E-state index is 0.0615. The summed E-state index contributed by atoms with van der Waals surface area (Å²) in [4.78, 5) is 25.3. The first kappa shape index (κ1) is 18.8. The first-order valence-corrected chi connectivity index (χ1v) is 8.34. The van der Waals surface area contributed by atoms with E-state index < -0.39 is 24.3 Å². The quantitative estimate of drug-likeness (QED) is 0.860. The van der Waals surface area contributed by atoms with Crippen molar-refractivity contribution in [3.8, 4) is 5.75 Å². The van der Waals surface area contributed by atoms with Crippen LogP contribution in [-0.2, 0) is 15.8 Å². The molecule has 0 spiro atoms. The highest BCUT2D eigenvalue weighted by atomic mass is 19.4. The van der Waals surface area contributed by atoms with Crippen LogP contribution in [0.3, 0.4) is 0 Å². The number of hydrogen-bond donors (Lipinski definition) is 1. The number of anilines is 2. The van der Waals surface area contributed by atoms with Gasteiger partial charge in [0.1, 0.15) is 5.75 Å². The molecule has 1 N–H and O–H groups in total. The summed E-state index contributed by atoms with van der Waals surface area (Å²) in [5.41, 5.74) is -0.493. The molecule has 0 unspecified atom stereocenters. The van der Waals surface area contributed by atoms with Gasteiger partial charge in [-0.25, -0.2) is 0 Å². The van der Waals surface area contributed by atoms with E-state index in [1.54, 1.807) is 29.2 Å². The van der Waals surface area contributed by atoms with Gasteiger partial charge in [-0.15, -0.1) is 0 Å². The molecule has 1 saturated heterocycles. The van der Waals surface area contributed by atoms with Crippen molar-refractivity contribution in [3.05, 3.63) is 54.1 Å². The summed E-state index contributed by atoms with van der Waals surface area (Å²) >= 11 is 0. The van der Waals surface area contributed by atoms with Gasteiger partial charge in [0.2, 0.25) is 5.91 Å². The van der Waals surface area contributed by atoms with Gasteiger partial charge >= 0.3 is 6.18 Å². The van der Waals surface area contributed by atoms with Gasteiger partial charge in [-0.05, 0) is 42.8 Å². The van der Waals surface area contributed by atoms with Crippen molar-refractivity contribution < 1.29 is 27.5 Å². The average Bonchev–Trinajstić information content (AvgIpc) is 3.06. The lowest BCUT2D eigenvalue weighted by atomic mass is 10.1. The highest BCUT2D eigenvalue weighted by molar-refractivity contribution is 5.95. The molecular formula is C19H17F3N2O3. The van der Waals surface area contributed by atoms with Gasteiger partial charge < -0.3 is 15.0 Å². The number of amides is 2. The SMILES string of the molecule is O=C(COc1ccc(N2CCCC2=O)cc1)Nc1ccccc1C(F)(F)F. The Morgan fingerprint density at radius 3 is 2.44 bits per heavy atom. The number of benzene rings is 2. The predicted octanol–water partition coefficient (Wildman–Crippen LogP) is 3.85. The van der Waals surface area contributed by atoms with Crippen LogP contribution in [0.1, 0.15) is 18.4 Å². The lowest BCUT2D eigenvalue weighted by Crippen LogP contribution is -2.23. The number of halogens is 3. The molecule has 1 aliphatic heterocycles. The number of ether oxygens (including phenoxy) is 1. The van der Waals surface area contributed by atoms with Crippen molar-refractivity contribution in [1.29, 1.82) is 0 Å². The van der Waals surface area contributed by atoms with Crippen LogP contribution in [0.25, 0.3) is 0 Å². The fourth-order valence-electron chi connectivity index (χ4n) is 2.82. The largest absolute Gasteiger partial charge is 0.484 e. The second-order valence-corrected chi connectivity index (χ2v) is 6.02. The van der Waals surface area contributed by atoms with E-state index in [9.17, 15) is 22.8 Å². The molecule has 3 rings (SSSR count). The van der Waals surface area contributed by atoms with Crippen LogP contribution in [0.4, 0.5) is 24.5 Å². The average molecular weight is 378 g/mol. The Balaban J connectivity index is 1.58. The van der Waals surface area contributed by atoms with Gasteiger partial charge in [0, 0.05) is 18.7 Å². The molecule has 0 aromatic heterocycles. The van der Waals surface area contributed by atoms with Crippen LogP contribution in [0, 0.1) is 0 Å². The maximum atomic E-state index is 12.9. The van der Waals surface area contributed by atoms with Crippen molar-refractivity contribution in [2.45, 2.75) is 19.0 Å². The number of nitrogens with zero attached hydrogens (tertiary/aromatic N) is 1. The molecule has 2 aromatic carbocycles. The Hall–Kier alpha value is -3.03. The standard InChI is InChI=1S/C19H17F3N2O3/c20-19(21,22)15-4-1-2-5-16(15)23-17(25)12-27-14-9-7-13(8-10-14)24-11-3-6-18(24)26/h1-2,4-5,7-10H,3,6,11-12H2,(H,23,25). The van der Waals surface area contributed by atoms with Crippen LogP contribution in [0.2, 0.25) is 0 Å². The number of carbonyl (C=O) groups excluding carboxylic acids is 2. The van der Waals surface area contributed by atoms with E-state index in [-0.39, 0.29) is 11.6 Å². The lowest BCUT2D eigenvalue weighted by Gasteiger charge is -2.16. The Kier molecular flexibility index (Phi) is 5.34. The summed E-state index contributed by atoms with van der Waals surface area (Å²) in [6, 6.07) is 11.4. The number of alkyl halides is 3. The van der Waals surface area contributed by atoms with Crippen molar-refractivity contribution in [3.63, 3.8) is 0 Å². The van der Waals surface area contributed by atoms with Crippen LogP contribution in [0.5, 0.6) is 5.75 Å². The van der Waals surface area contributed by atoms with Crippen LogP contribution in [-0.4, -0.2) is 25.0 Å². The summed E-state index contributed by atoms with van der Waals surface area (Å²) in [7, 11) is 0. The minimum Gasteiger partial charge on any atom is -0.484 e. The third-order valence-electron chi connectivity index (χ3n) is 4.10. The molecule has 5 nitrogen and oxygen atoms in total. The molecule has 2 amide bonds. The third kappa shape index (κ3) is 4.58. The number of carbonyl (C=O) groups is 2. The fraction of sp³-hybridized carbons (Fsp3) is 0.263. The first-order chi connectivity index (χ1) is 12.8. The number of hydrogen-bond acceptors (Lipinski definition) is 3. The van der Waals surface area contributed by atoms with Crippen LogP contribution in [0.15, 0.2) is 48.5 Å². The summed E-state index contributed by atoms with van der Waals surface area (Å²) in [6.07, 6.45) is -3.22. The molecule has 27 heavy (non-hydrogen) atoms. The maximum absolute atomic E-state index is 12.9. The number of para-hydroxylation sites is 1. The van der Waals surface area contributed by atoms with E-state index >= 15 is 0 Å². The smallest absolute Gasteiger partial charge is 0.418 e. The van der Waals surface area contributed by atoms with Crippen molar-refractivity contribution in [2.75, 3.05) is 23.4 Å². The monoisotopic (exact) mass is 378 g/mol.